The third-order valence-corrected chi connectivity index (χ3v) is 5.24. The van der Waals surface area contributed by atoms with E-state index in [0.29, 0.717) is 12.0 Å². The molecule has 1 aliphatic rings. The van der Waals surface area contributed by atoms with Crippen LogP contribution >= 0.6 is 39.1 Å². The van der Waals surface area contributed by atoms with Gasteiger partial charge < -0.3 is 5.32 Å². The summed E-state index contributed by atoms with van der Waals surface area (Å²) in [5, 5.41) is 5.08. The van der Waals surface area contributed by atoms with Crippen molar-refractivity contribution in [1.82, 2.24) is 0 Å². The molecule has 1 aliphatic carbocycles. The Kier molecular flexibility index (Phi) is 4.25. The predicted molar refractivity (Wildman–Crippen MR) is 90.0 cm³/mol. The topological polar surface area (TPSA) is 12.0 Å². The zero-order valence-corrected chi connectivity index (χ0v) is 13.8. The Morgan fingerprint density at radius 1 is 1.00 bits per heavy atom. The van der Waals surface area contributed by atoms with Crippen molar-refractivity contribution >= 4 is 44.8 Å². The number of benzene rings is 2. The van der Waals surface area contributed by atoms with E-state index in [9.17, 15) is 0 Å². The highest BCUT2D eigenvalue weighted by Gasteiger charge is 2.30. The zero-order valence-electron chi connectivity index (χ0n) is 10.7. The standard InChI is InChI=1S/C16H14BrCl2N/c17-15-9-13(5-6-16(15)19)20-14-7-11(8-14)10-1-3-12(18)4-2-10/h1-6,9,11,14,20H,7-8H2. The van der Waals surface area contributed by atoms with Gasteiger partial charge in [0, 0.05) is 21.2 Å². The van der Waals surface area contributed by atoms with Gasteiger partial charge in [0.05, 0.1) is 5.02 Å². The van der Waals surface area contributed by atoms with Crippen LogP contribution in [0, 0.1) is 0 Å². The lowest BCUT2D eigenvalue weighted by Gasteiger charge is -2.37. The van der Waals surface area contributed by atoms with Gasteiger partial charge in [-0.2, -0.15) is 0 Å². The number of hydrogen-bond acceptors (Lipinski definition) is 1. The maximum absolute atomic E-state index is 6.00. The molecule has 0 aliphatic heterocycles. The van der Waals surface area contributed by atoms with Crippen molar-refractivity contribution in [3.63, 3.8) is 0 Å². The quantitative estimate of drug-likeness (QED) is 0.686. The Morgan fingerprint density at radius 2 is 1.70 bits per heavy atom. The molecule has 0 atom stereocenters. The van der Waals surface area contributed by atoms with Gasteiger partial charge in [-0.15, -0.1) is 0 Å². The first-order valence-electron chi connectivity index (χ1n) is 6.59. The molecule has 0 saturated heterocycles. The van der Waals surface area contributed by atoms with Crippen molar-refractivity contribution in [3.8, 4) is 0 Å². The lowest BCUT2D eigenvalue weighted by molar-refractivity contribution is 0.374. The molecule has 1 N–H and O–H groups in total. The summed E-state index contributed by atoms with van der Waals surface area (Å²) in [4.78, 5) is 0. The van der Waals surface area contributed by atoms with Gasteiger partial charge in [0.15, 0.2) is 0 Å². The van der Waals surface area contributed by atoms with E-state index in [-0.39, 0.29) is 0 Å². The molecule has 0 bridgehead atoms. The largest absolute Gasteiger partial charge is 0.382 e. The number of rotatable bonds is 3. The molecule has 2 aromatic carbocycles. The molecule has 0 amide bonds. The monoisotopic (exact) mass is 369 g/mol. The van der Waals surface area contributed by atoms with Gasteiger partial charge in [0.1, 0.15) is 0 Å². The van der Waals surface area contributed by atoms with Gasteiger partial charge >= 0.3 is 0 Å². The van der Waals surface area contributed by atoms with E-state index in [1.54, 1.807) is 0 Å². The van der Waals surface area contributed by atoms with Crippen LogP contribution in [0.2, 0.25) is 10.0 Å². The van der Waals surface area contributed by atoms with Crippen LogP contribution in [0.15, 0.2) is 46.9 Å². The van der Waals surface area contributed by atoms with E-state index in [1.807, 2.05) is 30.3 Å². The van der Waals surface area contributed by atoms with Gasteiger partial charge in [-0.25, -0.2) is 0 Å². The third-order valence-electron chi connectivity index (χ3n) is 3.77. The molecule has 1 nitrogen and oxygen atoms in total. The highest BCUT2D eigenvalue weighted by atomic mass is 79.9. The first-order valence-corrected chi connectivity index (χ1v) is 8.14. The van der Waals surface area contributed by atoms with E-state index in [1.165, 1.54) is 5.56 Å². The van der Waals surface area contributed by atoms with E-state index >= 15 is 0 Å². The molecule has 1 fully saturated rings. The first kappa shape index (κ1) is 14.2. The average molecular weight is 371 g/mol. The van der Waals surface area contributed by atoms with Gasteiger partial charge in [-0.05, 0) is 70.6 Å². The lowest BCUT2D eigenvalue weighted by Crippen LogP contribution is -2.33. The van der Waals surface area contributed by atoms with E-state index < -0.39 is 0 Å². The maximum atomic E-state index is 6.00. The van der Waals surface area contributed by atoms with E-state index in [2.05, 4.69) is 33.4 Å². The van der Waals surface area contributed by atoms with Gasteiger partial charge in [0.2, 0.25) is 0 Å². The maximum Gasteiger partial charge on any atom is 0.0549 e. The Balaban J connectivity index is 1.58. The normalized spacial score (nSPS) is 21.4. The van der Waals surface area contributed by atoms with E-state index in [0.717, 1.165) is 33.0 Å². The average Bonchev–Trinajstić information content (AvgIpc) is 2.39. The summed E-state index contributed by atoms with van der Waals surface area (Å²) >= 11 is 15.4. The summed E-state index contributed by atoms with van der Waals surface area (Å²) in [5.74, 6) is 0.639. The Labute approximate surface area is 137 Å². The molecule has 0 spiro atoms. The third kappa shape index (κ3) is 3.13. The first-order chi connectivity index (χ1) is 9.61. The fourth-order valence-corrected chi connectivity index (χ4v) is 3.19. The minimum atomic E-state index is 0.531. The fraction of sp³-hybridized carbons (Fsp3) is 0.250. The molecule has 0 unspecified atom stereocenters. The van der Waals surface area contributed by atoms with Crippen LogP contribution in [0.4, 0.5) is 5.69 Å². The van der Waals surface area contributed by atoms with Crippen LogP contribution in [0.5, 0.6) is 0 Å². The molecule has 1 saturated carbocycles. The number of anilines is 1. The number of halogens is 3. The number of nitrogens with one attached hydrogen (secondary N) is 1. The summed E-state index contributed by atoms with van der Waals surface area (Å²) in [6, 6.07) is 14.7. The molecule has 20 heavy (non-hydrogen) atoms. The van der Waals surface area contributed by atoms with Crippen LogP contribution < -0.4 is 5.32 Å². The molecule has 2 aromatic rings. The zero-order chi connectivity index (χ0) is 14.1. The van der Waals surface area contributed by atoms with Gasteiger partial charge in [-0.3, -0.25) is 0 Å². The van der Waals surface area contributed by atoms with Crippen LogP contribution in [0.1, 0.15) is 24.3 Å². The van der Waals surface area contributed by atoms with Crippen LogP contribution in [0.3, 0.4) is 0 Å². The molecule has 3 rings (SSSR count). The molecule has 104 valence electrons. The highest BCUT2D eigenvalue weighted by Crippen LogP contribution is 2.39. The molecule has 0 heterocycles. The van der Waals surface area contributed by atoms with E-state index in [4.69, 9.17) is 23.2 Å². The summed E-state index contributed by atoms with van der Waals surface area (Å²) in [7, 11) is 0. The predicted octanol–water partition coefficient (Wildman–Crippen LogP) is 6.11. The summed E-state index contributed by atoms with van der Waals surface area (Å²) in [6.07, 6.45) is 2.31. The highest BCUT2D eigenvalue weighted by molar-refractivity contribution is 9.10. The van der Waals surface area contributed by atoms with Gasteiger partial charge in [0.25, 0.3) is 0 Å². The summed E-state index contributed by atoms with van der Waals surface area (Å²) < 4.78 is 0.928. The van der Waals surface area contributed by atoms with Crippen molar-refractivity contribution in [2.45, 2.75) is 24.8 Å². The SMILES string of the molecule is Clc1ccc(C2CC(Nc3ccc(Cl)c(Br)c3)C2)cc1. The molecule has 0 radical (unpaired) electrons. The van der Waals surface area contributed by atoms with Crippen molar-refractivity contribution in [3.05, 3.63) is 62.5 Å². The van der Waals surface area contributed by atoms with Crippen molar-refractivity contribution < 1.29 is 0 Å². The lowest BCUT2D eigenvalue weighted by atomic mass is 9.76. The molecule has 0 aromatic heterocycles. The fourth-order valence-electron chi connectivity index (χ4n) is 2.56. The van der Waals surface area contributed by atoms with Crippen molar-refractivity contribution in [2.24, 2.45) is 0 Å². The molecular formula is C16H14BrCl2N. The summed E-state index contributed by atoms with van der Waals surface area (Å²) in [6.45, 7) is 0. The van der Waals surface area contributed by atoms with Crippen LogP contribution in [-0.2, 0) is 0 Å². The molecule has 4 heteroatoms. The Hall–Kier alpha value is -0.700. The van der Waals surface area contributed by atoms with Crippen LogP contribution in [-0.4, -0.2) is 6.04 Å². The minimum Gasteiger partial charge on any atom is -0.382 e. The number of hydrogen-bond donors (Lipinski definition) is 1. The Morgan fingerprint density at radius 3 is 2.35 bits per heavy atom. The molecular weight excluding hydrogens is 357 g/mol. The van der Waals surface area contributed by atoms with Crippen molar-refractivity contribution in [2.75, 3.05) is 5.32 Å². The minimum absolute atomic E-state index is 0.531. The second kappa shape index (κ2) is 5.97. The Bertz CT molecular complexity index is 606. The van der Waals surface area contributed by atoms with Gasteiger partial charge in [-0.1, -0.05) is 35.3 Å². The smallest absolute Gasteiger partial charge is 0.0549 e. The second-order valence-electron chi connectivity index (χ2n) is 5.19. The van der Waals surface area contributed by atoms with Crippen molar-refractivity contribution in [1.29, 1.82) is 0 Å². The summed E-state index contributed by atoms with van der Waals surface area (Å²) in [5.41, 5.74) is 2.49. The second-order valence-corrected chi connectivity index (χ2v) is 6.89. The van der Waals surface area contributed by atoms with Crippen LogP contribution in [0.25, 0.3) is 0 Å².